The smallest absolute Gasteiger partial charge is 0.259 e. The van der Waals surface area contributed by atoms with Gasteiger partial charge in [-0.2, -0.15) is 5.10 Å². The summed E-state index contributed by atoms with van der Waals surface area (Å²) in [4.78, 5) is 17.2. The summed E-state index contributed by atoms with van der Waals surface area (Å²) in [5.41, 5.74) is 0.516. The number of rotatable bonds is 4. The van der Waals surface area contributed by atoms with Crippen LogP contribution in [0.4, 0.5) is 0 Å². The summed E-state index contributed by atoms with van der Waals surface area (Å²) < 4.78 is 6.96. The highest BCUT2D eigenvalue weighted by molar-refractivity contribution is 6.30. The average Bonchev–Trinajstić information content (AvgIpc) is 3.14. The van der Waals surface area contributed by atoms with E-state index in [0.29, 0.717) is 35.9 Å². The molecule has 1 aromatic carbocycles. The Morgan fingerprint density at radius 1 is 1.32 bits per heavy atom. The molecule has 2 aliphatic rings. The minimum absolute atomic E-state index is 0.0700. The zero-order chi connectivity index (χ0) is 19.9. The number of carbonyl (C=O) groups excluding carboxylic acids is 1. The summed E-state index contributed by atoms with van der Waals surface area (Å²) in [6, 6.07) is 7.47. The number of aromatic nitrogens is 3. The number of hydrogen-bond acceptors (Lipinski definition) is 5. The van der Waals surface area contributed by atoms with E-state index in [1.54, 1.807) is 18.8 Å². The van der Waals surface area contributed by atoms with Crippen LogP contribution in [0, 0.1) is 0 Å². The number of aliphatic hydroxyl groups is 1. The second-order valence-electron chi connectivity index (χ2n) is 7.47. The Morgan fingerprint density at radius 2 is 2.00 bits per heavy atom. The van der Waals surface area contributed by atoms with E-state index in [4.69, 9.17) is 16.3 Å². The van der Waals surface area contributed by atoms with Crippen LogP contribution in [-0.2, 0) is 23.0 Å². The minimum Gasteiger partial charge on any atom is -0.509 e. The number of nitrogens with zero attached hydrogens (tertiary/aromatic N) is 3. The number of hydrogen-bond donors (Lipinski definition) is 2. The molecule has 1 saturated carbocycles. The van der Waals surface area contributed by atoms with Crippen molar-refractivity contribution in [2.45, 2.75) is 43.7 Å². The zero-order valence-electron chi connectivity index (χ0n) is 15.9. The van der Waals surface area contributed by atoms with Crippen LogP contribution in [0.1, 0.15) is 42.9 Å². The lowest BCUT2D eigenvalue weighted by Gasteiger charge is -2.36. The van der Waals surface area contributed by atoms with Crippen LogP contribution in [0.5, 0.6) is 0 Å². The molecule has 2 heterocycles. The van der Waals surface area contributed by atoms with Crippen LogP contribution in [-0.4, -0.2) is 44.5 Å². The van der Waals surface area contributed by atoms with Gasteiger partial charge in [-0.25, -0.2) is 9.67 Å². The zero-order valence-corrected chi connectivity index (χ0v) is 16.7. The molecule has 148 valence electrons. The standard InChI is InChI=1S/C20H23ClN4O3/c1-25-18(22-15(24-25)11-12-3-5-13(21)6-4-12)16-17(26)20(23-19(16)27)9-7-14(28-2)8-10-20/h3-6,14,26H,7-11H2,1-2H3,(H,23,27). The highest BCUT2D eigenvalue weighted by atomic mass is 35.5. The Morgan fingerprint density at radius 3 is 2.64 bits per heavy atom. The molecule has 0 radical (unpaired) electrons. The van der Waals surface area contributed by atoms with E-state index in [0.717, 1.165) is 18.4 Å². The fourth-order valence-electron chi connectivity index (χ4n) is 4.09. The van der Waals surface area contributed by atoms with Gasteiger partial charge in [-0.1, -0.05) is 23.7 Å². The van der Waals surface area contributed by atoms with Crippen LogP contribution in [0.25, 0.3) is 5.57 Å². The predicted octanol–water partition coefficient (Wildman–Crippen LogP) is 2.79. The van der Waals surface area contributed by atoms with Crippen molar-refractivity contribution in [3.8, 4) is 0 Å². The fraction of sp³-hybridized carbons (Fsp3) is 0.450. The van der Waals surface area contributed by atoms with Crippen LogP contribution >= 0.6 is 11.6 Å². The Balaban J connectivity index is 1.62. The predicted molar refractivity (Wildman–Crippen MR) is 105 cm³/mol. The third-order valence-electron chi connectivity index (χ3n) is 5.70. The second-order valence-corrected chi connectivity index (χ2v) is 7.91. The minimum atomic E-state index is -0.719. The summed E-state index contributed by atoms with van der Waals surface area (Å²) >= 11 is 5.93. The average molecular weight is 403 g/mol. The quantitative estimate of drug-likeness (QED) is 0.820. The number of aryl methyl sites for hydroxylation is 1. The van der Waals surface area contributed by atoms with Crippen LogP contribution < -0.4 is 5.32 Å². The molecule has 8 heteroatoms. The van der Waals surface area contributed by atoms with Crippen molar-refractivity contribution in [2.24, 2.45) is 7.05 Å². The maximum atomic E-state index is 12.7. The lowest BCUT2D eigenvalue weighted by molar-refractivity contribution is -0.116. The second kappa shape index (κ2) is 7.22. The van der Waals surface area contributed by atoms with Gasteiger partial charge in [-0.3, -0.25) is 4.79 Å². The van der Waals surface area contributed by atoms with E-state index in [1.165, 1.54) is 0 Å². The maximum absolute atomic E-state index is 12.7. The molecule has 2 N–H and O–H groups in total. The molecule has 1 aliphatic carbocycles. The molecule has 1 spiro atoms. The number of nitrogens with one attached hydrogen (secondary N) is 1. The first-order chi connectivity index (χ1) is 13.4. The highest BCUT2D eigenvalue weighted by Gasteiger charge is 2.49. The number of benzene rings is 1. The largest absolute Gasteiger partial charge is 0.509 e. The van der Waals surface area contributed by atoms with Gasteiger partial charge in [0.1, 0.15) is 11.3 Å². The summed E-state index contributed by atoms with van der Waals surface area (Å²) in [5.74, 6) is 0.726. The molecule has 0 unspecified atom stereocenters. The molecule has 1 fully saturated rings. The first-order valence-corrected chi connectivity index (χ1v) is 9.73. The van der Waals surface area contributed by atoms with E-state index in [1.807, 2.05) is 24.3 Å². The summed E-state index contributed by atoms with van der Waals surface area (Å²) in [6.07, 6.45) is 3.54. The van der Waals surface area contributed by atoms with Crippen molar-refractivity contribution in [1.82, 2.24) is 20.1 Å². The molecule has 0 bridgehead atoms. The molecule has 0 atom stereocenters. The molecule has 1 aromatic heterocycles. The van der Waals surface area contributed by atoms with Gasteiger partial charge < -0.3 is 15.2 Å². The fourth-order valence-corrected chi connectivity index (χ4v) is 4.22. The summed E-state index contributed by atoms with van der Waals surface area (Å²) in [6.45, 7) is 0. The Kier molecular flexibility index (Phi) is 4.89. The maximum Gasteiger partial charge on any atom is 0.259 e. The molecule has 2 aromatic rings. The van der Waals surface area contributed by atoms with E-state index >= 15 is 0 Å². The van der Waals surface area contributed by atoms with Gasteiger partial charge in [0.05, 0.1) is 11.6 Å². The van der Waals surface area contributed by atoms with Crippen LogP contribution in [0.2, 0.25) is 5.02 Å². The summed E-state index contributed by atoms with van der Waals surface area (Å²) in [5, 5.41) is 19.0. The molecule has 4 rings (SSSR count). The number of carbonyl (C=O) groups is 1. The van der Waals surface area contributed by atoms with Crippen LogP contribution in [0.3, 0.4) is 0 Å². The molecule has 1 amide bonds. The first-order valence-electron chi connectivity index (χ1n) is 9.35. The Labute approximate surface area is 168 Å². The van der Waals surface area contributed by atoms with Crippen molar-refractivity contribution < 1.29 is 14.6 Å². The molecular formula is C20H23ClN4O3. The third-order valence-corrected chi connectivity index (χ3v) is 5.95. The summed E-state index contributed by atoms with van der Waals surface area (Å²) in [7, 11) is 3.42. The van der Waals surface area contributed by atoms with Crippen molar-refractivity contribution in [3.63, 3.8) is 0 Å². The number of amides is 1. The van der Waals surface area contributed by atoms with E-state index in [-0.39, 0.29) is 23.3 Å². The van der Waals surface area contributed by atoms with Crippen molar-refractivity contribution in [2.75, 3.05) is 7.11 Å². The van der Waals surface area contributed by atoms with E-state index in [9.17, 15) is 9.90 Å². The number of aliphatic hydroxyl groups excluding tert-OH is 1. The van der Waals surface area contributed by atoms with Crippen molar-refractivity contribution in [1.29, 1.82) is 0 Å². The first kappa shape index (κ1) is 19.0. The number of ether oxygens (including phenoxy) is 1. The molecule has 1 aliphatic heterocycles. The normalized spacial score (nSPS) is 24.8. The van der Waals surface area contributed by atoms with Gasteiger partial charge in [0, 0.05) is 25.6 Å². The van der Waals surface area contributed by atoms with E-state index < -0.39 is 5.54 Å². The number of methoxy groups -OCH3 is 1. The highest BCUT2D eigenvalue weighted by Crippen LogP contribution is 2.41. The topological polar surface area (TPSA) is 89.3 Å². The SMILES string of the molecule is COC1CCC2(CC1)NC(=O)C(c1nc(Cc3ccc(Cl)cc3)nn1C)=C2O. The Hall–Kier alpha value is -2.38. The third kappa shape index (κ3) is 3.29. The van der Waals surface area contributed by atoms with Gasteiger partial charge in [-0.05, 0) is 43.4 Å². The molecular weight excluding hydrogens is 380 g/mol. The number of halogens is 1. The van der Waals surface area contributed by atoms with Gasteiger partial charge in [0.25, 0.3) is 5.91 Å². The monoisotopic (exact) mass is 402 g/mol. The van der Waals surface area contributed by atoms with Gasteiger partial charge in [0.2, 0.25) is 0 Å². The van der Waals surface area contributed by atoms with Gasteiger partial charge >= 0.3 is 0 Å². The molecule has 7 nitrogen and oxygen atoms in total. The molecule has 28 heavy (non-hydrogen) atoms. The van der Waals surface area contributed by atoms with Crippen LogP contribution in [0.15, 0.2) is 30.0 Å². The lowest BCUT2D eigenvalue weighted by atomic mass is 9.79. The lowest BCUT2D eigenvalue weighted by Crippen LogP contribution is -2.48. The van der Waals surface area contributed by atoms with Gasteiger partial charge in [0.15, 0.2) is 11.6 Å². The molecule has 0 saturated heterocycles. The van der Waals surface area contributed by atoms with E-state index in [2.05, 4.69) is 15.4 Å². The Bertz CT molecular complexity index is 927. The van der Waals surface area contributed by atoms with Crippen molar-refractivity contribution >= 4 is 23.1 Å². The van der Waals surface area contributed by atoms with Gasteiger partial charge in [-0.15, -0.1) is 0 Å². The van der Waals surface area contributed by atoms with Crippen molar-refractivity contribution in [3.05, 3.63) is 52.3 Å².